The quantitative estimate of drug-likeness (QED) is 0.632. The van der Waals surface area contributed by atoms with Gasteiger partial charge in [-0.1, -0.05) is 42.8 Å². The minimum Gasteiger partial charge on any atom is -0.372 e. The van der Waals surface area contributed by atoms with Crippen LogP contribution in [0.3, 0.4) is 0 Å². The van der Waals surface area contributed by atoms with Crippen molar-refractivity contribution < 1.29 is 9.53 Å². The Kier molecular flexibility index (Phi) is 5.37. The molecule has 0 radical (unpaired) electrons. The molecule has 1 aliphatic heterocycles. The molecule has 4 nitrogen and oxygen atoms in total. The number of carbonyl (C=O) groups is 1. The van der Waals surface area contributed by atoms with E-state index in [2.05, 4.69) is 37.3 Å². The molecule has 1 amide bonds. The first kappa shape index (κ1) is 19.6. The van der Waals surface area contributed by atoms with Gasteiger partial charge in [-0.25, -0.2) is 4.98 Å². The zero-order valence-corrected chi connectivity index (χ0v) is 17.6. The highest BCUT2D eigenvalue weighted by atomic mass is 16.5. The molecular formula is C25H28N2O2. The molecule has 1 aliphatic rings. The number of morpholine rings is 1. The zero-order valence-electron chi connectivity index (χ0n) is 17.6. The van der Waals surface area contributed by atoms with E-state index in [1.165, 1.54) is 5.56 Å². The lowest BCUT2D eigenvalue weighted by atomic mass is 10.0. The summed E-state index contributed by atoms with van der Waals surface area (Å²) in [5, 5.41) is 0.913. The van der Waals surface area contributed by atoms with Crippen molar-refractivity contribution in [2.45, 2.75) is 46.3 Å². The van der Waals surface area contributed by atoms with Crippen molar-refractivity contribution in [3.63, 3.8) is 0 Å². The van der Waals surface area contributed by atoms with Gasteiger partial charge in [-0.2, -0.15) is 0 Å². The smallest absolute Gasteiger partial charge is 0.254 e. The summed E-state index contributed by atoms with van der Waals surface area (Å²) in [6.45, 7) is 9.45. The molecule has 0 saturated carbocycles. The van der Waals surface area contributed by atoms with Crippen LogP contribution in [0.1, 0.15) is 42.3 Å². The van der Waals surface area contributed by atoms with Crippen LogP contribution < -0.4 is 0 Å². The highest BCUT2D eigenvalue weighted by Crippen LogP contribution is 2.28. The summed E-state index contributed by atoms with van der Waals surface area (Å²) in [4.78, 5) is 20.3. The Hall–Kier alpha value is -2.72. The van der Waals surface area contributed by atoms with Crippen LogP contribution in [0.15, 0.2) is 48.5 Å². The summed E-state index contributed by atoms with van der Waals surface area (Å²) in [5.41, 5.74) is 5.85. The third-order valence-corrected chi connectivity index (χ3v) is 5.56. The molecule has 2 heterocycles. The van der Waals surface area contributed by atoms with Crippen molar-refractivity contribution in [2.75, 3.05) is 13.1 Å². The topological polar surface area (TPSA) is 42.4 Å². The van der Waals surface area contributed by atoms with E-state index in [0.29, 0.717) is 13.1 Å². The number of nitrogens with zero attached hydrogens (tertiary/aromatic N) is 2. The van der Waals surface area contributed by atoms with E-state index in [0.717, 1.165) is 39.7 Å². The second kappa shape index (κ2) is 7.96. The second-order valence-corrected chi connectivity index (χ2v) is 8.09. The summed E-state index contributed by atoms with van der Waals surface area (Å²) in [6, 6.07) is 16.5. The molecule has 0 aliphatic carbocycles. The Bertz CT molecular complexity index is 1030. The number of amides is 1. The molecule has 1 saturated heterocycles. The molecule has 29 heavy (non-hydrogen) atoms. The molecule has 0 spiro atoms. The fraction of sp³-hybridized carbons (Fsp3) is 0.360. The van der Waals surface area contributed by atoms with Gasteiger partial charge in [0.1, 0.15) is 0 Å². The Balaban J connectivity index is 1.82. The third kappa shape index (κ3) is 4.03. The maximum Gasteiger partial charge on any atom is 0.254 e. The van der Waals surface area contributed by atoms with Crippen LogP contribution >= 0.6 is 0 Å². The number of aryl methyl sites for hydroxylation is 2. The van der Waals surface area contributed by atoms with Crippen LogP contribution in [0.5, 0.6) is 0 Å². The molecule has 2 aromatic carbocycles. The molecule has 1 aromatic heterocycles. The highest BCUT2D eigenvalue weighted by Gasteiger charge is 2.28. The van der Waals surface area contributed by atoms with E-state index in [1.807, 2.05) is 43.9 Å². The first-order valence-electron chi connectivity index (χ1n) is 10.4. The molecule has 0 bridgehead atoms. The molecular weight excluding hydrogens is 360 g/mol. The Morgan fingerprint density at radius 1 is 1.07 bits per heavy atom. The van der Waals surface area contributed by atoms with Crippen molar-refractivity contribution in [1.29, 1.82) is 0 Å². The van der Waals surface area contributed by atoms with Crippen molar-refractivity contribution in [3.05, 3.63) is 65.2 Å². The summed E-state index contributed by atoms with van der Waals surface area (Å²) in [5.74, 6) is 0.0522. The lowest BCUT2D eigenvalue weighted by Crippen LogP contribution is -2.48. The summed E-state index contributed by atoms with van der Waals surface area (Å²) in [6.07, 6.45) is 1.08. The van der Waals surface area contributed by atoms with Crippen LogP contribution in [0.25, 0.3) is 22.2 Å². The summed E-state index contributed by atoms with van der Waals surface area (Å²) >= 11 is 0. The van der Waals surface area contributed by atoms with Gasteiger partial charge in [0.2, 0.25) is 0 Å². The lowest BCUT2D eigenvalue weighted by Gasteiger charge is -2.35. The zero-order chi connectivity index (χ0) is 20.5. The monoisotopic (exact) mass is 388 g/mol. The predicted molar refractivity (Wildman–Crippen MR) is 117 cm³/mol. The van der Waals surface area contributed by atoms with Gasteiger partial charge in [0, 0.05) is 24.0 Å². The van der Waals surface area contributed by atoms with Gasteiger partial charge in [0.15, 0.2) is 0 Å². The maximum atomic E-state index is 13.5. The van der Waals surface area contributed by atoms with E-state index >= 15 is 0 Å². The molecule has 0 unspecified atom stereocenters. The number of hydrogen-bond donors (Lipinski definition) is 0. The minimum atomic E-state index is 0.0404. The van der Waals surface area contributed by atoms with Gasteiger partial charge in [-0.05, 0) is 51.0 Å². The van der Waals surface area contributed by atoms with Crippen molar-refractivity contribution in [2.24, 2.45) is 0 Å². The van der Waals surface area contributed by atoms with Crippen molar-refractivity contribution in [3.8, 4) is 11.3 Å². The number of ether oxygens (including phenoxy) is 1. The number of hydrogen-bond acceptors (Lipinski definition) is 3. The standard InChI is InChI=1S/C25H28N2O2/c1-5-19-7-9-20(10-8-19)24-13-22(21-12-16(2)6-11-23(21)26-24)25(28)27-14-17(3)29-18(4)15-27/h6-13,17-18H,5,14-15H2,1-4H3/t17-,18+. The molecule has 2 atom stereocenters. The Morgan fingerprint density at radius 3 is 2.41 bits per heavy atom. The molecule has 1 fully saturated rings. The largest absolute Gasteiger partial charge is 0.372 e. The van der Waals surface area contributed by atoms with E-state index in [1.54, 1.807) is 0 Å². The fourth-order valence-electron chi connectivity index (χ4n) is 4.09. The predicted octanol–water partition coefficient (Wildman–Crippen LogP) is 5.02. The Labute approximate surface area is 172 Å². The van der Waals surface area contributed by atoms with Crippen LogP contribution in [-0.4, -0.2) is 41.1 Å². The van der Waals surface area contributed by atoms with Gasteiger partial charge in [0.05, 0.1) is 29.0 Å². The third-order valence-electron chi connectivity index (χ3n) is 5.56. The van der Waals surface area contributed by atoms with Gasteiger partial charge in [-0.3, -0.25) is 4.79 Å². The van der Waals surface area contributed by atoms with Crippen molar-refractivity contribution >= 4 is 16.8 Å². The van der Waals surface area contributed by atoms with Gasteiger partial charge < -0.3 is 9.64 Å². The average Bonchev–Trinajstić information content (AvgIpc) is 2.72. The first-order valence-corrected chi connectivity index (χ1v) is 10.4. The number of aromatic nitrogens is 1. The molecule has 4 rings (SSSR count). The average molecular weight is 389 g/mol. The van der Waals surface area contributed by atoms with Crippen LogP contribution in [0.4, 0.5) is 0 Å². The van der Waals surface area contributed by atoms with Crippen LogP contribution in [0, 0.1) is 6.92 Å². The summed E-state index contributed by atoms with van der Waals surface area (Å²) < 4.78 is 5.82. The van der Waals surface area contributed by atoms with Gasteiger partial charge in [0.25, 0.3) is 5.91 Å². The van der Waals surface area contributed by atoms with Gasteiger partial charge in [-0.15, -0.1) is 0 Å². The molecule has 150 valence electrons. The van der Waals surface area contributed by atoms with E-state index in [-0.39, 0.29) is 18.1 Å². The molecule has 0 N–H and O–H groups in total. The number of rotatable bonds is 3. The lowest BCUT2D eigenvalue weighted by molar-refractivity contribution is -0.0585. The number of pyridine rings is 1. The molecule has 3 aromatic rings. The van der Waals surface area contributed by atoms with Crippen molar-refractivity contribution in [1.82, 2.24) is 9.88 Å². The second-order valence-electron chi connectivity index (χ2n) is 8.09. The minimum absolute atomic E-state index is 0.0404. The maximum absolute atomic E-state index is 13.5. The molecule has 4 heteroatoms. The van der Waals surface area contributed by atoms with E-state index in [4.69, 9.17) is 9.72 Å². The highest BCUT2D eigenvalue weighted by molar-refractivity contribution is 6.07. The van der Waals surface area contributed by atoms with Crippen LogP contribution in [0.2, 0.25) is 0 Å². The Morgan fingerprint density at radius 2 is 1.76 bits per heavy atom. The van der Waals surface area contributed by atoms with Gasteiger partial charge >= 0.3 is 0 Å². The number of carbonyl (C=O) groups excluding carboxylic acids is 1. The fourth-order valence-corrected chi connectivity index (χ4v) is 4.09. The SMILES string of the molecule is CCc1ccc(-c2cc(C(=O)N3C[C@@H](C)O[C@@H](C)C3)c3cc(C)ccc3n2)cc1. The van der Waals surface area contributed by atoms with E-state index in [9.17, 15) is 4.79 Å². The number of fused-ring (bicyclic) bond motifs is 1. The normalized spacial score (nSPS) is 19.5. The summed E-state index contributed by atoms with van der Waals surface area (Å²) in [7, 11) is 0. The van der Waals surface area contributed by atoms with E-state index < -0.39 is 0 Å². The first-order chi connectivity index (χ1) is 13.9. The number of benzene rings is 2. The van der Waals surface area contributed by atoms with Crippen LogP contribution in [-0.2, 0) is 11.2 Å².